The summed E-state index contributed by atoms with van der Waals surface area (Å²) in [6, 6.07) is 14.7. The van der Waals surface area contributed by atoms with E-state index < -0.39 is 17.4 Å². The Balaban J connectivity index is 1.62. The molecule has 2 heterocycles. The predicted octanol–water partition coefficient (Wildman–Crippen LogP) is 1.60. The first-order chi connectivity index (χ1) is 14.5. The molecule has 2 amide bonds. The van der Waals surface area contributed by atoms with Gasteiger partial charge in [-0.15, -0.1) is 0 Å². The lowest BCUT2D eigenvalue weighted by molar-refractivity contribution is 0.0841. The number of hydrogen-bond acceptors (Lipinski definition) is 6. The summed E-state index contributed by atoms with van der Waals surface area (Å²) in [6.45, 7) is 2.00. The summed E-state index contributed by atoms with van der Waals surface area (Å²) < 4.78 is 6.29. The van der Waals surface area contributed by atoms with E-state index in [0.29, 0.717) is 21.7 Å². The first-order valence-electron chi connectivity index (χ1n) is 9.13. The maximum Gasteiger partial charge on any atom is 0.349 e. The minimum Gasteiger partial charge on any atom is -0.422 e. The van der Waals surface area contributed by atoms with Crippen LogP contribution in [0.4, 0.5) is 0 Å². The number of amides is 2. The summed E-state index contributed by atoms with van der Waals surface area (Å²) >= 11 is 0. The Hall–Kier alpha value is -4.27. The predicted molar refractivity (Wildman–Crippen MR) is 109 cm³/mol. The molecule has 0 saturated carbocycles. The lowest BCUT2D eigenvalue weighted by Crippen LogP contribution is -2.44. The molecule has 4 rings (SSSR count). The van der Waals surface area contributed by atoms with E-state index in [1.807, 2.05) is 0 Å². The molecule has 0 fully saturated rings. The van der Waals surface area contributed by atoms with Gasteiger partial charge in [-0.25, -0.2) is 9.48 Å². The summed E-state index contributed by atoms with van der Waals surface area (Å²) in [4.78, 5) is 49.6. The van der Waals surface area contributed by atoms with Crippen molar-refractivity contribution in [3.05, 3.63) is 86.6 Å². The first-order valence-corrected chi connectivity index (χ1v) is 9.13. The maximum absolute atomic E-state index is 12.7. The number of nitrogens with one attached hydrogen (secondary N) is 2. The zero-order chi connectivity index (χ0) is 21.3. The molecule has 0 spiro atoms. The average molecular weight is 404 g/mol. The number of rotatable bonds is 3. The van der Waals surface area contributed by atoms with E-state index in [9.17, 15) is 19.2 Å². The molecular weight excluding hydrogens is 388 g/mol. The van der Waals surface area contributed by atoms with Crippen LogP contribution in [0.5, 0.6) is 0 Å². The van der Waals surface area contributed by atoms with Crippen LogP contribution in [0.2, 0.25) is 0 Å². The van der Waals surface area contributed by atoms with Crippen molar-refractivity contribution in [2.75, 3.05) is 0 Å². The van der Waals surface area contributed by atoms with E-state index in [0.717, 1.165) is 4.68 Å². The third kappa shape index (κ3) is 3.32. The van der Waals surface area contributed by atoms with Gasteiger partial charge in [0.25, 0.3) is 17.4 Å². The number of aryl methyl sites for hydroxylation is 1. The van der Waals surface area contributed by atoms with Crippen LogP contribution in [0, 0.1) is 0 Å². The fraction of sp³-hybridized carbons (Fsp3) is 0.0952. The molecule has 150 valence electrons. The number of fused-ring (bicyclic) bond motifs is 2. The molecule has 30 heavy (non-hydrogen) atoms. The zero-order valence-corrected chi connectivity index (χ0v) is 15.8. The van der Waals surface area contributed by atoms with Crippen molar-refractivity contribution in [3.63, 3.8) is 0 Å². The number of benzene rings is 2. The minimum atomic E-state index is -0.837. The number of para-hydroxylation sites is 1. The van der Waals surface area contributed by atoms with Gasteiger partial charge in [0.05, 0.1) is 5.39 Å². The third-order valence-corrected chi connectivity index (χ3v) is 4.56. The highest BCUT2D eigenvalue weighted by Crippen LogP contribution is 2.14. The van der Waals surface area contributed by atoms with Crippen LogP contribution in [0.15, 0.2) is 68.6 Å². The van der Waals surface area contributed by atoms with E-state index in [2.05, 4.69) is 16.0 Å². The third-order valence-electron chi connectivity index (χ3n) is 4.56. The van der Waals surface area contributed by atoms with Crippen LogP contribution in [0.25, 0.3) is 21.7 Å². The maximum atomic E-state index is 12.7. The minimum absolute atomic E-state index is 0.0297. The summed E-state index contributed by atoms with van der Waals surface area (Å²) in [7, 11) is 0. The molecule has 0 unspecified atom stereocenters. The van der Waals surface area contributed by atoms with Crippen molar-refractivity contribution >= 4 is 33.6 Å². The Kier molecular flexibility index (Phi) is 4.85. The zero-order valence-electron chi connectivity index (χ0n) is 15.8. The van der Waals surface area contributed by atoms with Crippen molar-refractivity contribution in [3.8, 4) is 0 Å². The van der Waals surface area contributed by atoms with Gasteiger partial charge < -0.3 is 4.42 Å². The van der Waals surface area contributed by atoms with Crippen molar-refractivity contribution in [1.82, 2.24) is 20.6 Å². The Morgan fingerprint density at radius 1 is 0.967 bits per heavy atom. The van der Waals surface area contributed by atoms with Crippen LogP contribution in [-0.4, -0.2) is 21.6 Å². The van der Waals surface area contributed by atoms with E-state index in [1.165, 1.54) is 6.07 Å². The highest BCUT2D eigenvalue weighted by Gasteiger charge is 2.19. The topological polar surface area (TPSA) is 123 Å². The second kappa shape index (κ2) is 7.63. The van der Waals surface area contributed by atoms with Crippen LogP contribution in [0.1, 0.15) is 27.8 Å². The van der Waals surface area contributed by atoms with Gasteiger partial charge in [-0.1, -0.05) is 36.4 Å². The SMILES string of the molecule is CCn1nc(C(=O)NNC(=O)c2cc3ccccc3oc2=O)c2ccccc2c1=O. The van der Waals surface area contributed by atoms with Crippen molar-refractivity contribution in [2.45, 2.75) is 13.5 Å². The highest BCUT2D eigenvalue weighted by atomic mass is 16.4. The summed E-state index contributed by atoms with van der Waals surface area (Å²) in [6.07, 6.45) is 0. The molecule has 0 saturated heterocycles. The monoisotopic (exact) mass is 404 g/mol. The van der Waals surface area contributed by atoms with Gasteiger partial charge in [0.2, 0.25) is 0 Å². The first kappa shape index (κ1) is 19.1. The molecule has 0 aliphatic heterocycles. The lowest BCUT2D eigenvalue weighted by atomic mass is 10.1. The number of nitrogens with zero attached hydrogens (tertiary/aromatic N) is 2. The number of carbonyl (C=O) groups excluding carboxylic acids is 2. The van der Waals surface area contributed by atoms with Crippen LogP contribution >= 0.6 is 0 Å². The largest absolute Gasteiger partial charge is 0.422 e. The van der Waals surface area contributed by atoms with Crippen LogP contribution < -0.4 is 22.0 Å². The molecule has 9 nitrogen and oxygen atoms in total. The highest BCUT2D eigenvalue weighted by molar-refractivity contribution is 6.06. The molecule has 0 bridgehead atoms. The van der Waals surface area contributed by atoms with E-state index in [4.69, 9.17) is 4.42 Å². The molecule has 4 aromatic rings. The van der Waals surface area contributed by atoms with Crippen molar-refractivity contribution in [2.24, 2.45) is 0 Å². The molecule has 2 aromatic carbocycles. The van der Waals surface area contributed by atoms with Gasteiger partial charge >= 0.3 is 5.63 Å². The fourth-order valence-corrected chi connectivity index (χ4v) is 3.08. The van der Waals surface area contributed by atoms with Gasteiger partial charge in [-0.2, -0.15) is 5.10 Å². The summed E-state index contributed by atoms with van der Waals surface area (Å²) in [5.41, 5.74) is 3.34. The molecule has 9 heteroatoms. The second-order valence-electron chi connectivity index (χ2n) is 6.41. The molecule has 0 aliphatic rings. The van der Waals surface area contributed by atoms with Gasteiger partial charge in [-0.3, -0.25) is 25.2 Å². The Morgan fingerprint density at radius 2 is 1.63 bits per heavy atom. The van der Waals surface area contributed by atoms with Gasteiger partial charge in [0.1, 0.15) is 11.1 Å². The lowest BCUT2D eigenvalue weighted by Gasteiger charge is -2.11. The van der Waals surface area contributed by atoms with E-state index in [-0.39, 0.29) is 23.4 Å². The van der Waals surface area contributed by atoms with E-state index in [1.54, 1.807) is 55.5 Å². The van der Waals surface area contributed by atoms with Crippen molar-refractivity contribution in [1.29, 1.82) is 0 Å². The Morgan fingerprint density at radius 3 is 2.40 bits per heavy atom. The smallest absolute Gasteiger partial charge is 0.349 e. The van der Waals surface area contributed by atoms with Gasteiger partial charge in [0, 0.05) is 17.3 Å². The molecule has 2 aromatic heterocycles. The molecule has 2 N–H and O–H groups in total. The van der Waals surface area contributed by atoms with Gasteiger partial charge in [0.15, 0.2) is 5.69 Å². The second-order valence-corrected chi connectivity index (χ2v) is 6.41. The average Bonchev–Trinajstić information content (AvgIpc) is 2.77. The number of aromatic nitrogens is 2. The number of hydrazine groups is 1. The van der Waals surface area contributed by atoms with E-state index >= 15 is 0 Å². The molecule has 0 radical (unpaired) electrons. The van der Waals surface area contributed by atoms with Crippen LogP contribution in [0.3, 0.4) is 0 Å². The molecular formula is C21H16N4O5. The Bertz CT molecular complexity index is 1420. The molecule has 0 atom stereocenters. The quantitative estimate of drug-likeness (QED) is 0.395. The summed E-state index contributed by atoms with van der Waals surface area (Å²) in [5.74, 6) is -1.57. The fourth-order valence-electron chi connectivity index (χ4n) is 3.08. The number of hydrogen-bond donors (Lipinski definition) is 2. The molecule has 0 aliphatic carbocycles. The van der Waals surface area contributed by atoms with Crippen LogP contribution in [-0.2, 0) is 6.54 Å². The standard InChI is InChI=1S/C21H16N4O5/c1-2-25-20(28)14-9-5-4-8-13(14)17(24-25)19(27)23-22-18(26)15-11-12-7-3-6-10-16(12)30-21(15)29/h3-11H,2H2,1H3,(H,22,26)(H,23,27). The van der Waals surface area contributed by atoms with Gasteiger partial charge in [-0.05, 0) is 25.1 Å². The normalized spacial score (nSPS) is 10.8. The van der Waals surface area contributed by atoms with Crippen molar-refractivity contribution < 1.29 is 14.0 Å². The number of carbonyl (C=O) groups is 2. The Labute approximate surface area is 168 Å². The summed E-state index contributed by atoms with van der Waals surface area (Å²) in [5, 5.41) is 5.34.